The van der Waals surface area contributed by atoms with Crippen LogP contribution in [0.15, 0.2) is 58.8 Å². The van der Waals surface area contributed by atoms with E-state index in [0.29, 0.717) is 22.4 Å². The van der Waals surface area contributed by atoms with Gasteiger partial charge in [-0.3, -0.25) is 10.0 Å². The quantitative estimate of drug-likeness (QED) is 0.468. The van der Waals surface area contributed by atoms with Crippen LogP contribution in [-0.2, 0) is 10.0 Å². The van der Waals surface area contributed by atoms with Crippen LogP contribution in [0.1, 0.15) is 5.56 Å². The summed E-state index contributed by atoms with van der Waals surface area (Å²) in [6.45, 7) is 1.93. The Bertz CT molecular complexity index is 1280. The van der Waals surface area contributed by atoms with E-state index in [0.717, 1.165) is 28.6 Å². The molecule has 2 heterocycles. The summed E-state index contributed by atoms with van der Waals surface area (Å²) in [6, 6.07) is 13.4. The van der Waals surface area contributed by atoms with Gasteiger partial charge in [-0.05, 0) is 48.7 Å². The van der Waals surface area contributed by atoms with E-state index in [9.17, 15) is 13.2 Å². The fourth-order valence-corrected chi connectivity index (χ4v) is 5.25. The molecule has 0 fully saturated rings. The van der Waals surface area contributed by atoms with Gasteiger partial charge in [0.2, 0.25) is 5.06 Å². The highest BCUT2D eigenvalue weighted by molar-refractivity contribution is 7.93. The van der Waals surface area contributed by atoms with Gasteiger partial charge in [0.15, 0.2) is 0 Å². The SMILES string of the molecule is Cc1ccc(NC(=O)Oc2sccc2S(=O)(=O)Nc2ccc3nsnc3c2)cc1. The highest BCUT2D eigenvalue weighted by Gasteiger charge is 2.23. The number of anilines is 2. The van der Waals surface area contributed by atoms with Gasteiger partial charge in [0.1, 0.15) is 15.9 Å². The van der Waals surface area contributed by atoms with Crippen LogP contribution < -0.4 is 14.8 Å². The van der Waals surface area contributed by atoms with E-state index in [4.69, 9.17) is 4.74 Å². The molecule has 8 nitrogen and oxygen atoms in total. The van der Waals surface area contributed by atoms with Crippen LogP contribution in [0.2, 0.25) is 0 Å². The first kappa shape index (κ1) is 19.3. The van der Waals surface area contributed by atoms with Gasteiger partial charge < -0.3 is 4.74 Å². The second-order valence-electron chi connectivity index (χ2n) is 6.03. The zero-order valence-corrected chi connectivity index (χ0v) is 17.4. The monoisotopic (exact) mass is 446 g/mol. The highest BCUT2D eigenvalue weighted by atomic mass is 32.2. The number of aromatic nitrogens is 2. The maximum atomic E-state index is 12.8. The fourth-order valence-electron chi connectivity index (χ4n) is 2.48. The first-order valence-corrected chi connectivity index (χ1v) is 11.4. The zero-order chi connectivity index (χ0) is 20.4. The Hall–Kier alpha value is -3.02. The van der Waals surface area contributed by atoms with Crippen LogP contribution in [-0.4, -0.2) is 23.3 Å². The van der Waals surface area contributed by atoms with Crippen molar-refractivity contribution in [1.29, 1.82) is 0 Å². The summed E-state index contributed by atoms with van der Waals surface area (Å²) in [5, 5.41) is 4.08. The summed E-state index contributed by atoms with van der Waals surface area (Å²) in [4.78, 5) is 12.0. The minimum absolute atomic E-state index is 0.0292. The first-order valence-electron chi connectivity index (χ1n) is 8.29. The van der Waals surface area contributed by atoms with Crippen LogP contribution in [0.4, 0.5) is 16.2 Å². The molecule has 4 rings (SSSR count). The molecular weight excluding hydrogens is 432 g/mol. The van der Waals surface area contributed by atoms with Gasteiger partial charge in [-0.25, -0.2) is 13.2 Å². The van der Waals surface area contributed by atoms with Crippen molar-refractivity contribution in [2.45, 2.75) is 11.8 Å². The molecule has 0 saturated heterocycles. The predicted octanol–water partition coefficient (Wildman–Crippen LogP) is 4.47. The first-order chi connectivity index (χ1) is 13.9. The number of rotatable bonds is 5. The van der Waals surface area contributed by atoms with E-state index < -0.39 is 16.1 Å². The maximum Gasteiger partial charge on any atom is 0.417 e. The molecule has 0 spiro atoms. The molecule has 29 heavy (non-hydrogen) atoms. The summed E-state index contributed by atoms with van der Waals surface area (Å²) < 4.78 is 41.5. The lowest BCUT2D eigenvalue weighted by molar-refractivity contribution is 0.215. The van der Waals surface area contributed by atoms with Crippen LogP contribution in [0, 0.1) is 6.92 Å². The molecule has 148 valence electrons. The number of thiophene rings is 1. The Kier molecular flexibility index (Phi) is 5.18. The summed E-state index contributed by atoms with van der Waals surface area (Å²) in [5.74, 6) is 0. The van der Waals surface area contributed by atoms with Crippen molar-refractivity contribution in [2.75, 3.05) is 10.0 Å². The van der Waals surface area contributed by atoms with Crippen LogP contribution in [0.3, 0.4) is 0 Å². The Balaban J connectivity index is 1.50. The molecule has 2 aromatic heterocycles. The molecule has 2 N–H and O–H groups in total. The average Bonchev–Trinajstić information content (AvgIpc) is 3.32. The number of amides is 1. The lowest BCUT2D eigenvalue weighted by Gasteiger charge is -2.10. The van der Waals surface area contributed by atoms with Crippen LogP contribution in [0.5, 0.6) is 5.06 Å². The lowest BCUT2D eigenvalue weighted by atomic mass is 10.2. The standard InChI is InChI=1S/C18H14N4O4S3/c1-11-2-4-12(5-3-11)19-18(23)26-17-16(8-9-27-17)29(24,25)22-13-6-7-14-15(10-13)21-28-20-14/h2-10,22H,1H3,(H,19,23). The summed E-state index contributed by atoms with van der Waals surface area (Å²) in [5.41, 5.74) is 3.21. The van der Waals surface area contributed by atoms with Gasteiger partial charge in [-0.15, -0.1) is 11.3 Å². The Labute approximate surface area is 174 Å². The van der Waals surface area contributed by atoms with E-state index in [1.807, 2.05) is 19.1 Å². The van der Waals surface area contributed by atoms with E-state index in [1.54, 1.807) is 30.3 Å². The molecule has 1 amide bonds. The lowest BCUT2D eigenvalue weighted by Crippen LogP contribution is -2.19. The Morgan fingerprint density at radius 2 is 1.72 bits per heavy atom. The van der Waals surface area contributed by atoms with Gasteiger partial charge in [-0.1, -0.05) is 17.7 Å². The second kappa shape index (κ2) is 7.78. The number of fused-ring (bicyclic) bond motifs is 1. The number of aryl methyl sites for hydroxylation is 1. The third-order valence-electron chi connectivity index (χ3n) is 3.87. The van der Waals surface area contributed by atoms with Crippen molar-refractivity contribution in [3.05, 3.63) is 59.5 Å². The van der Waals surface area contributed by atoms with Crippen molar-refractivity contribution < 1.29 is 17.9 Å². The molecule has 4 aromatic rings. The molecule has 11 heteroatoms. The number of sulfonamides is 1. The largest absolute Gasteiger partial charge is 0.417 e. The molecule has 0 bridgehead atoms. The molecule has 0 saturated carbocycles. The summed E-state index contributed by atoms with van der Waals surface area (Å²) in [6.07, 6.45) is -0.775. The molecule has 0 radical (unpaired) electrons. The normalized spacial score (nSPS) is 11.3. The number of hydrogen-bond acceptors (Lipinski definition) is 8. The van der Waals surface area contributed by atoms with Crippen molar-refractivity contribution in [3.63, 3.8) is 0 Å². The number of nitrogens with zero attached hydrogens (tertiary/aromatic N) is 2. The van der Waals surface area contributed by atoms with E-state index in [1.165, 1.54) is 11.4 Å². The molecule has 0 aliphatic rings. The number of carbonyl (C=O) groups is 1. The smallest absolute Gasteiger partial charge is 0.397 e. The van der Waals surface area contributed by atoms with Gasteiger partial charge in [0.05, 0.1) is 17.4 Å². The molecular formula is C18H14N4O4S3. The summed E-state index contributed by atoms with van der Waals surface area (Å²) in [7, 11) is -3.97. The number of carbonyl (C=O) groups excluding carboxylic acids is 1. The number of ether oxygens (including phenoxy) is 1. The highest BCUT2D eigenvalue weighted by Crippen LogP contribution is 2.32. The van der Waals surface area contributed by atoms with E-state index in [-0.39, 0.29) is 9.96 Å². The number of nitrogens with one attached hydrogen (secondary N) is 2. The average molecular weight is 447 g/mol. The van der Waals surface area contributed by atoms with Crippen molar-refractivity contribution in [1.82, 2.24) is 8.75 Å². The Morgan fingerprint density at radius 1 is 1.00 bits per heavy atom. The van der Waals surface area contributed by atoms with Gasteiger partial charge in [0.25, 0.3) is 10.0 Å². The topological polar surface area (TPSA) is 110 Å². The number of hydrogen-bond donors (Lipinski definition) is 2. The molecule has 0 aliphatic heterocycles. The summed E-state index contributed by atoms with van der Waals surface area (Å²) >= 11 is 2.06. The number of benzene rings is 2. The minimum atomic E-state index is -3.97. The van der Waals surface area contributed by atoms with Crippen LogP contribution >= 0.6 is 23.1 Å². The van der Waals surface area contributed by atoms with Crippen LogP contribution in [0.25, 0.3) is 11.0 Å². The van der Waals surface area contributed by atoms with Crippen molar-refractivity contribution >= 4 is 61.6 Å². The second-order valence-corrected chi connectivity index (χ2v) is 9.08. The zero-order valence-electron chi connectivity index (χ0n) is 14.9. The van der Waals surface area contributed by atoms with E-state index >= 15 is 0 Å². The Morgan fingerprint density at radius 3 is 2.52 bits per heavy atom. The predicted molar refractivity (Wildman–Crippen MR) is 113 cm³/mol. The van der Waals surface area contributed by atoms with Gasteiger partial charge in [-0.2, -0.15) is 8.75 Å². The molecule has 2 aromatic carbocycles. The van der Waals surface area contributed by atoms with E-state index in [2.05, 4.69) is 18.8 Å². The molecule has 0 unspecified atom stereocenters. The molecule has 0 atom stereocenters. The third-order valence-corrected chi connectivity index (χ3v) is 6.75. The minimum Gasteiger partial charge on any atom is -0.397 e. The van der Waals surface area contributed by atoms with Gasteiger partial charge in [0, 0.05) is 5.69 Å². The van der Waals surface area contributed by atoms with Gasteiger partial charge >= 0.3 is 6.09 Å². The maximum absolute atomic E-state index is 12.8. The molecule has 0 aliphatic carbocycles. The van der Waals surface area contributed by atoms with Crippen molar-refractivity contribution in [3.8, 4) is 5.06 Å². The third kappa shape index (κ3) is 4.36. The fraction of sp³-hybridized carbons (Fsp3) is 0.0556. The van der Waals surface area contributed by atoms with Crippen molar-refractivity contribution in [2.24, 2.45) is 0 Å².